The molecule has 5 nitrogen and oxygen atoms in total. The summed E-state index contributed by atoms with van der Waals surface area (Å²) in [5, 5.41) is 19.1. The monoisotopic (exact) mass is 366 g/mol. The van der Waals surface area contributed by atoms with Gasteiger partial charge >= 0.3 is 0 Å². The first kappa shape index (κ1) is 17.5. The van der Waals surface area contributed by atoms with Crippen LogP contribution in [-0.2, 0) is 0 Å². The third-order valence-corrected chi connectivity index (χ3v) is 5.52. The number of carbonyl (C=O) groups excluding carboxylic acids is 1. The Morgan fingerprint density at radius 1 is 1.19 bits per heavy atom. The lowest BCUT2D eigenvalue weighted by Crippen LogP contribution is -2.31. The summed E-state index contributed by atoms with van der Waals surface area (Å²) >= 11 is 0. The van der Waals surface area contributed by atoms with E-state index in [-0.39, 0.29) is 29.2 Å². The summed E-state index contributed by atoms with van der Waals surface area (Å²) in [4.78, 5) is 14.5. The van der Waals surface area contributed by atoms with Crippen molar-refractivity contribution in [1.29, 1.82) is 5.26 Å². The van der Waals surface area contributed by atoms with E-state index in [1.165, 1.54) is 18.2 Å². The lowest BCUT2D eigenvalue weighted by Gasteiger charge is -2.18. The number of hydrogen-bond acceptors (Lipinski definition) is 4. The number of fused-ring (bicyclic) bond motifs is 1. The Morgan fingerprint density at radius 3 is 2.67 bits per heavy atom. The predicted octanol–water partition coefficient (Wildman–Crippen LogP) is 3.33. The van der Waals surface area contributed by atoms with Crippen molar-refractivity contribution in [3.05, 3.63) is 59.4 Å². The van der Waals surface area contributed by atoms with E-state index in [0.717, 1.165) is 12.8 Å². The summed E-state index contributed by atoms with van der Waals surface area (Å²) in [6, 6.07) is 12.6. The second kappa shape index (κ2) is 7.01. The number of aliphatic hydroxyl groups excluding tert-OH is 1. The maximum Gasteiger partial charge on any atom is 0.253 e. The fraction of sp³-hybridized carbons (Fsp3) is 0.333. The molecule has 1 heterocycles. The summed E-state index contributed by atoms with van der Waals surface area (Å²) in [6.45, 7) is 1.28. The van der Waals surface area contributed by atoms with Crippen LogP contribution < -0.4 is 4.74 Å². The normalized spacial score (nSPS) is 23.7. The number of carbonyl (C=O) groups is 1. The van der Waals surface area contributed by atoms with Gasteiger partial charge in [0.2, 0.25) is 0 Å². The zero-order chi connectivity index (χ0) is 19.0. The van der Waals surface area contributed by atoms with Gasteiger partial charge in [-0.1, -0.05) is 6.07 Å². The molecule has 2 aromatic rings. The lowest BCUT2D eigenvalue weighted by molar-refractivity contribution is 0.0752. The average molecular weight is 366 g/mol. The highest BCUT2D eigenvalue weighted by atomic mass is 19.1. The molecule has 1 aliphatic heterocycles. The lowest BCUT2D eigenvalue weighted by atomic mass is 10.00. The molecule has 27 heavy (non-hydrogen) atoms. The number of likely N-dealkylation sites (tertiary alicyclic amines) is 1. The van der Waals surface area contributed by atoms with E-state index in [1.54, 1.807) is 35.2 Å². The number of ether oxygens (including phenoxy) is 1. The SMILES string of the molecule is N#Cc1c(F)cccc1Oc1ccc(C(=O)N2CC3CCC(O)C3C2)cc1. The topological polar surface area (TPSA) is 73.6 Å². The standard InChI is InChI=1S/C21H19FN2O3/c22-18-2-1-3-20(16(18)10-23)27-15-7-4-13(5-8-15)21(26)24-11-14-6-9-19(25)17(14)12-24/h1-5,7-8,14,17,19,25H,6,9,11-12H2. The maximum absolute atomic E-state index is 13.7. The molecule has 3 unspecified atom stereocenters. The van der Waals surface area contributed by atoms with Crippen molar-refractivity contribution in [3.63, 3.8) is 0 Å². The molecule has 0 bridgehead atoms. The molecule has 1 N–H and O–H groups in total. The Kier molecular flexibility index (Phi) is 4.54. The molecule has 0 radical (unpaired) electrons. The number of aliphatic hydroxyl groups is 1. The van der Waals surface area contributed by atoms with Crippen molar-refractivity contribution in [3.8, 4) is 17.6 Å². The van der Waals surface area contributed by atoms with Gasteiger partial charge in [0.1, 0.15) is 28.9 Å². The molecule has 0 aromatic heterocycles. The summed E-state index contributed by atoms with van der Waals surface area (Å²) in [5.41, 5.74) is 0.386. The van der Waals surface area contributed by atoms with E-state index in [2.05, 4.69) is 0 Å². The highest BCUT2D eigenvalue weighted by molar-refractivity contribution is 5.94. The van der Waals surface area contributed by atoms with Gasteiger partial charge in [0.25, 0.3) is 5.91 Å². The first-order valence-electron chi connectivity index (χ1n) is 9.00. The molecule has 3 atom stereocenters. The van der Waals surface area contributed by atoms with E-state index < -0.39 is 5.82 Å². The first-order chi connectivity index (χ1) is 13.1. The van der Waals surface area contributed by atoms with Crippen molar-refractivity contribution >= 4 is 5.91 Å². The number of rotatable bonds is 3. The molecule has 4 rings (SSSR count). The second-order valence-electron chi connectivity index (χ2n) is 7.13. The van der Waals surface area contributed by atoms with Gasteiger partial charge in [-0.05, 0) is 55.2 Å². The van der Waals surface area contributed by atoms with Crippen molar-refractivity contribution in [1.82, 2.24) is 4.90 Å². The molecule has 1 saturated heterocycles. The molecule has 2 aliphatic rings. The van der Waals surface area contributed by atoms with Gasteiger partial charge in [-0.3, -0.25) is 4.79 Å². The smallest absolute Gasteiger partial charge is 0.253 e. The highest BCUT2D eigenvalue weighted by Gasteiger charge is 2.43. The first-order valence-corrected chi connectivity index (χ1v) is 9.00. The second-order valence-corrected chi connectivity index (χ2v) is 7.13. The number of amides is 1. The van der Waals surface area contributed by atoms with Crippen molar-refractivity contribution in [2.45, 2.75) is 18.9 Å². The van der Waals surface area contributed by atoms with Gasteiger partial charge in [-0.15, -0.1) is 0 Å². The minimum atomic E-state index is -0.636. The largest absolute Gasteiger partial charge is 0.456 e. The van der Waals surface area contributed by atoms with Crippen molar-refractivity contribution < 1.29 is 19.0 Å². The van der Waals surface area contributed by atoms with Crippen LogP contribution in [0.1, 0.15) is 28.8 Å². The molecule has 2 aromatic carbocycles. The van der Waals surface area contributed by atoms with E-state index in [1.807, 2.05) is 0 Å². The molecule has 6 heteroatoms. The molecular formula is C21H19FN2O3. The summed E-state index contributed by atoms with van der Waals surface area (Å²) in [5.74, 6) is 0.438. The number of halogens is 1. The zero-order valence-corrected chi connectivity index (χ0v) is 14.6. The van der Waals surface area contributed by atoms with Crippen LogP contribution in [0, 0.1) is 29.0 Å². The molecule has 1 saturated carbocycles. The van der Waals surface area contributed by atoms with E-state index in [4.69, 9.17) is 10.00 Å². The predicted molar refractivity (Wildman–Crippen MR) is 95.8 cm³/mol. The van der Waals surface area contributed by atoms with Gasteiger partial charge in [0.15, 0.2) is 0 Å². The molecular weight excluding hydrogens is 347 g/mol. The third-order valence-electron chi connectivity index (χ3n) is 5.52. The van der Waals surface area contributed by atoms with Crippen LogP contribution in [-0.4, -0.2) is 35.1 Å². The molecule has 0 spiro atoms. The van der Waals surface area contributed by atoms with Crippen LogP contribution in [0.5, 0.6) is 11.5 Å². The van der Waals surface area contributed by atoms with E-state index >= 15 is 0 Å². The van der Waals surface area contributed by atoms with Gasteiger partial charge < -0.3 is 14.7 Å². The quantitative estimate of drug-likeness (QED) is 0.904. The highest BCUT2D eigenvalue weighted by Crippen LogP contribution is 2.38. The number of nitrogens with zero attached hydrogens (tertiary/aromatic N) is 2. The Bertz CT molecular complexity index is 907. The number of benzene rings is 2. The zero-order valence-electron chi connectivity index (χ0n) is 14.6. The van der Waals surface area contributed by atoms with Crippen LogP contribution in [0.3, 0.4) is 0 Å². The van der Waals surface area contributed by atoms with E-state index in [0.29, 0.717) is 30.3 Å². The Balaban J connectivity index is 1.46. The third kappa shape index (κ3) is 3.26. The Hall–Kier alpha value is -2.91. The van der Waals surface area contributed by atoms with Gasteiger partial charge in [0, 0.05) is 24.6 Å². The van der Waals surface area contributed by atoms with Crippen LogP contribution in [0.25, 0.3) is 0 Å². The fourth-order valence-electron chi connectivity index (χ4n) is 4.08. The van der Waals surface area contributed by atoms with Crippen LogP contribution in [0.4, 0.5) is 4.39 Å². The van der Waals surface area contributed by atoms with Gasteiger partial charge in [-0.2, -0.15) is 5.26 Å². The van der Waals surface area contributed by atoms with Gasteiger partial charge in [0.05, 0.1) is 6.10 Å². The van der Waals surface area contributed by atoms with Crippen LogP contribution in [0.15, 0.2) is 42.5 Å². The Labute approximate surface area is 156 Å². The molecule has 2 fully saturated rings. The van der Waals surface area contributed by atoms with Gasteiger partial charge in [-0.25, -0.2) is 4.39 Å². The van der Waals surface area contributed by atoms with Crippen LogP contribution in [0.2, 0.25) is 0 Å². The summed E-state index contributed by atoms with van der Waals surface area (Å²) in [7, 11) is 0. The maximum atomic E-state index is 13.7. The van der Waals surface area contributed by atoms with Crippen LogP contribution >= 0.6 is 0 Å². The summed E-state index contributed by atoms with van der Waals surface area (Å²) in [6.07, 6.45) is 1.50. The molecule has 1 aliphatic carbocycles. The van der Waals surface area contributed by atoms with E-state index in [9.17, 15) is 14.3 Å². The molecule has 1 amide bonds. The van der Waals surface area contributed by atoms with Crippen molar-refractivity contribution in [2.75, 3.05) is 13.1 Å². The average Bonchev–Trinajstić information content (AvgIpc) is 3.24. The number of hydrogen-bond donors (Lipinski definition) is 1. The minimum Gasteiger partial charge on any atom is -0.456 e. The Morgan fingerprint density at radius 2 is 1.96 bits per heavy atom. The molecule has 138 valence electrons. The minimum absolute atomic E-state index is 0.0633. The van der Waals surface area contributed by atoms with Crippen molar-refractivity contribution in [2.24, 2.45) is 11.8 Å². The summed E-state index contributed by atoms with van der Waals surface area (Å²) < 4.78 is 19.2. The number of nitriles is 1. The fourth-order valence-corrected chi connectivity index (χ4v) is 4.08.